The minimum absolute atomic E-state index is 0.131. The Hall–Kier alpha value is -1.10. The van der Waals surface area contributed by atoms with E-state index in [4.69, 9.17) is 0 Å². The Labute approximate surface area is 133 Å². The molecule has 0 radical (unpaired) electrons. The highest BCUT2D eigenvalue weighted by Gasteiger charge is 2.42. The fraction of sp³-hybridized carbons (Fsp3) is 0.882. The van der Waals surface area contributed by atoms with Crippen LogP contribution in [-0.2, 0) is 9.59 Å². The number of hydrogen-bond donors (Lipinski definition) is 2. The minimum atomic E-state index is -0.135. The van der Waals surface area contributed by atoms with Gasteiger partial charge >= 0.3 is 0 Å². The predicted molar refractivity (Wildman–Crippen MR) is 85.3 cm³/mol. The fourth-order valence-electron chi connectivity index (χ4n) is 4.41. The predicted octanol–water partition coefficient (Wildman–Crippen LogP) is 1.42. The van der Waals surface area contributed by atoms with Crippen LogP contribution in [0.2, 0.25) is 0 Å². The van der Waals surface area contributed by atoms with Gasteiger partial charge in [-0.15, -0.1) is 0 Å². The molecule has 2 heterocycles. The maximum atomic E-state index is 12.6. The maximum absolute atomic E-state index is 12.6. The highest BCUT2D eigenvalue weighted by Crippen LogP contribution is 2.30. The second-order valence-corrected chi connectivity index (χ2v) is 7.48. The molecule has 3 atom stereocenters. The molecule has 3 fully saturated rings. The molecule has 3 aliphatic rings. The lowest BCUT2D eigenvalue weighted by atomic mass is 9.87. The molecule has 2 aliphatic heterocycles. The van der Waals surface area contributed by atoms with E-state index in [-0.39, 0.29) is 23.9 Å². The van der Waals surface area contributed by atoms with Gasteiger partial charge in [-0.3, -0.25) is 14.5 Å². The van der Waals surface area contributed by atoms with Crippen molar-refractivity contribution in [1.82, 2.24) is 15.5 Å². The van der Waals surface area contributed by atoms with E-state index in [1.165, 1.54) is 12.8 Å². The number of rotatable bonds is 3. The van der Waals surface area contributed by atoms with Crippen molar-refractivity contribution >= 4 is 11.8 Å². The van der Waals surface area contributed by atoms with Gasteiger partial charge in [0.15, 0.2) is 0 Å². The van der Waals surface area contributed by atoms with Crippen molar-refractivity contribution in [2.24, 2.45) is 5.92 Å². The average Bonchev–Trinajstić information content (AvgIpc) is 2.80. The standard InChI is InChI=1S/C17H29N3O2/c1-11-3-5-13(6-4-11)19-17(22)12(2)20-14-7-8-15(20)10-18-16(21)9-14/h11-15H,3-10H2,1-2H3,(H,18,21)(H,19,22)/t11?,12-,13?,14-,15-/m0/s1. The lowest BCUT2D eigenvalue weighted by Crippen LogP contribution is -2.53. The first kappa shape index (κ1) is 15.8. The molecule has 124 valence electrons. The van der Waals surface area contributed by atoms with Crippen molar-refractivity contribution in [3.8, 4) is 0 Å². The van der Waals surface area contributed by atoms with E-state index in [1.807, 2.05) is 6.92 Å². The van der Waals surface area contributed by atoms with Gasteiger partial charge in [-0.05, 0) is 51.4 Å². The molecule has 1 aliphatic carbocycles. The zero-order valence-electron chi connectivity index (χ0n) is 13.8. The summed E-state index contributed by atoms with van der Waals surface area (Å²) >= 11 is 0. The first-order chi connectivity index (χ1) is 10.5. The third-order valence-corrected chi connectivity index (χ3v) is 5.82. The number of nitrogens with zero attached hydrogens (tertiary/aromatic N) is 1. The van der Waals surface area contributed by atoms with E-state index in [1.54, 1.807) is 0 Å². The van der Waals surface area contributed by atoms with Crippen LogP contribution < -0.4 is 10.6 Å². The van der Waals surface area contributed by atoms with E-state index in [0.717, 1.165) is 31.6 Å². The molecule has 2 N–H and O–H groups in total. The molecule has 0 unspecified atom stereocenters. The van der Waals surface area contributed by atoms with Crippen molar-refractivity contribution in [3.05, 3.63) is 0 Å². The lowest BCUT2D eigenvalue weighted by molar-refractivity contribution is -0.128. The van der Waals surface area contributed by atoms with Gasteiger partial charge < -0.3 is 10.6 Å². The van der Waals surface area contributed by atoms with Crippen LogP contribution in [-0.4, -0.2) is 47.4 Å². The molecule has 2 bridgehead atoms. The highest BCUT2D eigenvalue weighted by atomic mass is 16.2. The SMILES string of the molecule is CC1CCC(NC(=O)[C@H](C)N2[C@H]3CC[C@H]2CC(=O)NC3)CC1. The van der Waals surface area contributed by atoms with Crippen LogP contribution in [0.4, 0.5) is 0 Å². The van der Waals surface area contributed by atoms with Gasteiger partial charge in [0.1, 0.15) is 0 Å². The van der Waals surface area contributed by atoms with E-state index < -0.39 is 0 Å². The summed E-state index contributed by atoms with van der Waals surface area (Å²) in [6, 6.07) is 0.767. The van der Waals surface area contributed by atoms with Crippen molar-refractivity contribution in [2.75, 3.05) is 6.54 Å². The fourth-order valence-corrected chi connectivity index (χ4v) is 4.41. The average molecular weight is 307 g/mol. The molecule has 2 amide bonds. The first-order valence-corrected chi connectivity index (χ1v) is 8.89. The van der Waals surface area contributed by atoms with Gasteiger partial charge in [-0.25, -0.2) is 0 Å². The third kappa shape index (κ3) is 3.29. The molecule has 1 saturated carbocycles. The number of carbonyl (C=O) groups excluding carboxylic acids is 2. The Morgan fingerprint density at radius 3 is 2.59 bits per heavy atom. The van der Waals surface area contributed by atoms with Crippen molar-refractivity contribution in [1.29, 1.82) is 0 Å². The van der Waals surface area contributed by atoms with E-state index in [0.29, 0.717) is 25.0 Å². The van der Waals surface area contributed by atoms with Crippen molar-refractivity contribution in [2.45, 2.75) is 83.0 Å². The molecule has 22 heavy (non-hydrogen) atoms. The minimum Gasteiger partial charge on any atom is -0.354 e. The number of carbonyl (C=O) groups is 2. The van der Waals surface area contributed by atoms with Gasteiger partial charge in [0.2, 0.25) is 11.8 Å². The lowest BCUT2D eigenvalue weighted by Gasteiger charge is -2.34. The second-order valence-electron chi connectivity index (χ2n) is 7.48. The molecule has 0 aromatic heterocycles. The number of fused-ring (bicyclic) bond motifs is 2. The summed E-state index contributed by atoms with van der Waals surface area (Å²) < 4.78 is 0. The van der Waals surface area contributed by atoms with Gasteiger partial charge in [-0.1, -0.05) is 6.92 Å². The molecule has 5 nitrogen and oxygen atoms in total. The summed E-state index contributed by atoms with van der Waals surface area (Å²) in [4.78, 5) is 26.7. The van der Waals surface area contributed by atoms with E-state index in [2.05, 4.69) is 22.5 Å². The van der Waals surface area contributed by atoms with Crippen molar-refractivity contribution < 1.29 is 9.59 Å². The molecular formula is C17H29N3O2. The smallest absolute Gasteiger partial charge is 0.237 e. The van der Waals surface area contributed by atoms with Crippen LogP contribution in [0.1, 0.15) is 58.8 Å². The largest absolute Gasteiger partial charge is 0.354 e. The van der Waals surface area contributed by atoms with E-state index in [9.17, 15) is 9.59 Å². The summed E-state index contributed by atoms with van der Waals surface area (Å²) in [6.07, 6.45) is 7.30. The maximum Gasteiger partial charge on any atom is 0.237 e. The van der Waals surface area contributed by atoms with Gasteiger partial charge in [-0.2, -0.15) is 0 Å². The Morgan fingerprint density at radius 2 is 1.86 bits per heavy atom. The number of nitrogens with one attached hydrogen (secondary N) is 2. The Kier molecular flexibility index (Phi) is 4.71. The van der Waals surface area contributed by atoms with E-state index >= 15 is 0 Å². The van der Waals surface area contributed by atoms with Crippen LogP contribution in [0.15, 0.2) is 0 Å². The summed E-state index contributed by atoms with van der Waals surface area (Å²) in [5.41, 5.74) is 0. The number of hydrogen-bond acceptors (Lipinski definition) is 3. The van der Waals surface area contributed by atoms with Gasteiger partial charge in [0, 0.05) is 31.1 Å². The monoisotopic (exact) mass is 307 g/mol. The molecule has 0 aromatic rings. The van der Waals surface area contributed by atoms with Crippen molar-refractivity contribution in [3.63, 3.8) is 0 Å². The molecule has 5 heteroatoms. The summed E-state index contributed by atoms with van der Waals surface area (Å²) in [5.74, 6) is 1.07. The topological polar surface area (TPSA) is 61.4 Å². The van der Waals surface area contributed by atoms with Gasteiger partial charge in [0.25, 0.3) is 0 Å². The Bertz CT molecular complexity index is 432. The molecule has 0 spiro atoms. The highest BCUT2D eigenvalue weighted by molar-refractivity contribution is 5.82. The molecule has 0 aromatic carbocycles. The zero-order chi connectivity index (χ0) is 15.7. The first-order valence-electron chi connectivity index (χ1n) is 8.89. The quantitative estimate of drug-likeness (QED) is 0.829. The Morgan fingerprint density at radius 1 is 1.18 bits per heavy atom. The summed E-state index contributed by atoms with van der Waals surface area (Å²) in [5, 5.41) is 6.22. The summed E-state index contributed by atoms with van der Waals surface area (Å²) in [7, 11) is 0. The van der Waals surface area contributed by atoms with Crippen LogP contribution >= 0.6 is 0 Å². The second kappa shape index (κ2) is 6.57. The van der Waals surface area contributed by atoms with Gasteiger partial charge in [0.05, 0.1) is 6.04 Å². The third-order valence-electron chi connectivity index (χ3n) is 5.82. The van der Waals surface area contributed by atoms with Crippen LogP contribution in [0.3, 0.4) is 0 Å². The molecular weight excluding hydrogens is 278 g/mol. The van der Waals surface area contributed by atoms with Crippen LogP contribution in [0.5, 0.6) is 0 Å². The normalized spacial score (nSPS) is 37.3. The molecule has 3 rings (SSSR count). The summed E-state index contributed by atoms with van der Waals surface area (Å²) in [6.45, 7) is 4.98. The number of amides is 2. The zero-order valence-corrected chi connectivity index (χ0v) is 13.8. The molecule has 2 saturated heterocycles. The van der Waals surface area contributed by atoms with Crippen LogP contribution in [0, 0.1) is 5.92 Å². The Balaban J connectivity index is 1.59. The van der Waals surface area contributed by atoms with Crippen LogP contribution in [0.25, 0.3) is 0 Å².